The highest BCUT2D eigenvalue weighted by molar-refractivity contribution is 7.98. The molecular formula is C15H13F3N4OS. The minimum Gasteiger partial charge on any atom is -0.484 e. The Bertz CT molecular complexity index is 850. The van der Waals surface area contributed by atoms with Gasteiger partial charge in [0.1, 0.15) is 17.1 Å². The van der Waals surface area contributed by atoms with Crippen molar-refractivity contribution in [3.05, 3.63) is 42.4 Å². The van der Waals surface area contributed by atoms with Crippen LogP contribution in [-0.2, 0) is 12.8 Å². The van der Waals surface area contributed by atoms with Gasteiger partial charge >= 0.3 is 6.18 Å². The van der Waals surface area contributed by atoms with E-state index in [9.17, 15) is 13.2 Å². The fraction of sp³-hybridized carbons (Fsp3) is 0.267. The first-order valence-corrected chi connectivity index (χ1v) is 7.95. The predicted molar refractivity (Wildman–Crippen MR) is 83.9 cm³/mol. The van der Waals surface area contributed by atoms with Crippen molar-refractivity contribution in [1.29, 1.82) is 0 Å². The number of nitrogens with zero attached hydrogens (tertiary/aromatic N) is 4. The van der Waals surface area contributed by atoms with Gasteiger partial charge in [0.25, 0.3) is 0 Å². The van der Waals surface area contributed by atoms with Gasteiger partial charge in [-0.05, 0) is 17.7 Å². The molecule has 2 aromatic heterocycles. The van der Waals surface area contributed by atoms with Crippen molar-refractivity contribution in [3.63, 3.8) is 0 Å². The summed E-state index contributed by atoms with van der Waals surface area (Å²) in [5, 5.41) is 5.76. The summed E-state index contributed by atoms with van der Waals surface area (Å²) in [5.74, 6) is 0.740. The van der Waals surface area contributed by atoms with Crippen LogP contribution in [-0.4, -0.2) is 32.5 Å². The number of benzene rings is 1. The Morgan fingerprint density at radius 3 is 2.88 bits per heavy atom. The average Bonchev–Trinajstić information content (AvgIpc) is 2.93. The van der Waals surface area contributed by atoms with Crippen LogP contribution in [0.4, 0.5) is 13.2 Å². The van der Waals surface area contributed by atoms with E-state index in [1.165, 1.54) is 24.2 Å². The molecule has 126 valence electrons. The number of aryl methyl sites for hydroxylation is 1. The normalized spacial score (nSPS) is 11.8. The Balaban J connectivity index is 1.70. The van der Waals surface area contributed by atoms with Crippen LogP contribution < -0.4 is 4.74 Å². The molecule has 0 bridgehead atoms. The molecule has 0 fully saturated rings. The summed E-state index contributed by atoms with van der Waals surface area (Å²) < 4.78 is 43.1. The van der Waals surface area contributed by atoms with Gasteiger partial charge in [-0.1, -0.05) is 12.1 Å². The second kappa shape index (κ2) is 6.68. The summed E-state index contributed by atoms with van der Waals surface area (Å²) >= 11 is 1.47. The van der Waals surface area contributed by atoms with Crippen LogP contribution in [0, 0.1) is 0 Å². The van der Waals surface area contributed by atoms with Gasteiger partial charge in [0.05, 0.1) is 11.6 Å². The van der Waals surface area contributed by atoms with E-state index in [-0.39, 0.29) is 5.75 Å². The number of hydrogen-bond acceptors (Lipinski definition) is 5. The summed E-state index contributed by atoms with van der Waals surface area (Å²) in [7, 11) is 1.80. The highest BCUT2D eigenvalue weighted by atomic mass is 32.2. The first kappa shape index (κ1) is 16.6. The fourth-order valence-electron chi connectivity index (χ4n) is 2.10. The molecule has 0 aliphatic rings. The van der Waals surface area contributed by atoms with Gasteiger partial charge in [-0.25, -0.2) is 9.97 Å². The molecule has 0 aliphatic heterocycles. The Kier molecular flexibility index (Phi) is 4.61. The molecule has 3 aromatic rings. The number of fused-ring (bicyclic) bond motifs is 1. The minimum absolute atomic E-state index is 0.194. The largest absolute Gasteiger partial charge is 0.484 e. The summed E-state index contributed by atoms with van der Waals surface area (Å²) in [5.41, 5.74) is 1.57. The second-order valence-electron chi connectivity index (χ2n) is 5.02. The highest BCUT2D eigenvalue weighted by Gasteiger charge is 2.28. The van der Waals surface area contributed by atoms with E-state index < -0.39 is 12.8 Å². The monoisotopic (exact) mass is 354 g/mol. The van der Waals surface area contributed by atoms with Crippen LogP contribution in [0.1, 0.15) is 5.56 Å². The molecule has 2 heterocycles. The molecule has 3 rings (SSSR count). The van der Waals surface area contributed by atoms with E-state index in [1.54, 1.807) is 30.1 Å². The number of halogens is 3. The van der Waals surface area contributed by atoms with E-state index >= 15 is 0 Å². The predicted octanol–water partition coefficient (Wildman–Crippen LogP) is 3.60. The standard InChI is InChI=1S/C15H13F3N4OS/c1-22-13-12(6-21-22)14(20-9-19-13)24-7-10-3-2-4-11(5-10)23-8-15(16,17)18/h2-6,9H,7-8H2,1H3. The number of hydrogen-bond donors (Lipinski definition) is 0. The van der Waals surface area contributed by atoms with Crippen molar-refractivity contribution in [3.8, 4) is 5.75 Å². The Morgan fingerprint density at radius 2 is 2.08 bits per heavy atom. The van der Waals surface area contributed by atoms with E-state index in [4.69, 9.17) is 4.74 Å². The van der Waals surface area contributed by atoms with Gasteiger partial charge in [0.15, 0.2) is 12.3 Å². The zero-order valence-electron chi connectivity index (χ0n) is 12.6. The summed E-state index contributed by atoms with van der Waals surface area (Å²) in [4.78, 5) is 8.41. The molecule has 0 N–H and O–H groups in total. The van der Waals surface area contributed by atoms with Crippen LogP contribution in [0.5, 0.6) is 5.75 Å². The van der Waals surface area contributed by atoms with Gasteiger partial charge in [0.2, 0.25) is 0 Å². The van der Waals surface area contributed by atoms with Crippen molar-refractivity contribution in [2.24, 2.45) is 7.05 Å². The third kappa shape index (κ3) is 3.97. The van der Waals surface area contributed by atoms with E-state index in [1.807, 2.05) is 6.07 Å². The molecule has 1 aromatic carbocycles. The lowest BCUT2D eigenvalue weighted by Crippen LogP contribution is -2.19. The highest BCUT2D eigenvalue weighted by Crippen LogP contribution is 2.28. The molecule has 0 saturated heterocycles. The molecule has 0 saturated carbocycles. The Hall–Kier alpha value is -2.29. The fourth-order valence-corrected chi connectivity index (χ4v) is 3.00. The van der Waals surface area contributed by atoms with Gasteiger partial charge in [0, 0.05) is 12.8 Å². The van der Waals surface area contributed by atoms with E-state index in [0.29, 0.717) is 5.75 Å². The van der Waals surface area contributed by atoms with E-state index in [0.717, 1.165) is 21.6 Å². The lowest BCUT2D eigenvalue weighted by atomic mass is 10.2. The van der Waals surface area contributed by atoms with Crippen molar-refractivity contribution in [2.45, 2.75) is 17.0 Å². The lowest BCUT2D eigenvalue weighted by Gasteiger charge is -2.10. The first-order chi connectivity index (χ1) is 11.4. The maximum Gasteiger partial charge on any atom is 0.422 e. The molecule has 0 unspecified atom stereocenters. The topological polar surface area (TPSA) is 52.8 Å². The molecule has 0 amide bonds. The molecule has 0 spiro atoms. The minimum atomic E-state index is -4.35. The SMILES string of the molecule is Cn1ncc2c(SCc3cccc(OCC(F)(F)F)c3)ncnc21. The quantitative estimate of drug-likeness (QED) is 0.518. The molecule has 24 heavy (non-hydrogen) atoms. The smallest absolute Gasteiger partial charge is 0.422 e. The first-order valence-electron chi connectivity index (χ1n) is 6.96. The van der Waals surface area contributed by atoms with Gasteiger partial charge in [-0.3, -0.25) is 4.68 Å². The molecule has 0 aliphatic carbocycles. The van der Waals surface area contributed by atoms with Crippen LogP contribution in [0.25, 0.3) is 11.0 Å². The van der Waals surface area contributed by atoms with E-state index in [2.05, 4.69) is 15.1 Å². The van der Waals surface area contributed by atoms with Crippen molar-refractivity contribution in [2.75, 3.05) is 6.61 Å². The van der Waals surface area contributed by atoms with Gasteiger partial charge < -0.3 is 4.74 Å². The molecule has 5 nitrogen and oxygen atoms in total. The molecule has 0 atom stereocenters. The number of ether oxygens (including phenoxy) is 1. The van der Waals surface area contributed by atoms with Gasteiger partial charge in [-0.2, -0.15) is 18.3 Å². The summed E-state index contributed by atoms with van der Waals surface area (Å²) in [6.07, 6.45) is -1.19. The maximum atomic E-state index is 12.2. The Morgan fingerprint density at radius 1 is 1.25 bits per heavy atom. The maximum absolute atomic E-state index is 12.2. The molecular weight excluding hydrogens is 341 g/mol. The zero-order chi connectivity index (χ0) is 17.2. The van der Waals surface area contributed by atoms with Crippen LogP contribution in [0.2, 0.25) is 0 Å². The lowest BCUT2D eigenvalue weighted by molar-refractivity contribution is -0.153. The number of rotatable bonds is 5. The summed E-state index contributed by atoms with van der Waals surface area (Å²) in [6.45, 7) is -1.30. The van der Waals surface area contributed by atoms with Crippen molar-refractivity contribution in [1.82, 2.24) is 19.7 Å². The molecule has 9 heteroatoms. The van der Waals surface area contributed by atoms with Crippen LogP contribution >= 0.6 is 11.8 Å². The molecule has 0 radical (unpaired) electrons. The summed E-state index contributed by atoms with van der Waals surface area (Å²) in [6, 6.07) is 6.60. The average molecular weight is 354 g/mol. The number of alkyl halides is 3. The van der Waals surface area contributed by atoms with Crippen LogP contribution in [0.15, 0.2) is 41.8 Å². The third-order valence-electron chi connectivity index (χ3n) is 3.17. The second-order valence-corrected chi connectivity index (χ2v) is 5.99. The number of aromatic nitrogens is 4. The Labute approximate surface area is 139 Å². The van der Waals surface area contributed by atoms with Crippen molar-refractivity contribution >= 4 is 22.8 Å². The third-order valence-corrected chi connectivity index (χ3v) is 4.25. The zero-order valence-corrected chi connectivity index (χ0v) is 13.4. The number of thioether (sulfide) groups is 1. The van der Waals surface area contributed by atoms with Gasteiger partial charge in [-0.15, -0.1) is 11.8 Å². The van der Waals surface area contributed by atoms with Crippen LogP contribution in [0.3, 0.4) is 0 Å². The van der Waals surface area contributed by atoms with Crippen molar-refractivity contribution < 1.29 is 17.9 Å².